The number of anilines is 3. The SMILES string of the molecule is Nc1ccc(-c2cc(-c3ccc(N)cc3)nc(-c3ccc(N)cc3)c2)cc1. The molecule has 4 nitrogen and oxygen atoms in total. The second-order valence-electron chi connectivity index (χ2n) is 6.49. The zero-order chi connectivity index (χ0) is 18.8. The van der Waals surface area contributed by atoms with Crippen LogP contribution in [0, 0.1) is 0 Å². The Labute approximate surface area is 158 Å². The molecule has 0 aliphatic heterocycles. The van der Waals surface area contributed by atoms with E-state index in [0.29, 0.717) is 0 Å². The van der Waals surface area contributed by atoms with Gasteiger partial charge in [0.15, 0.2) is 0 Å². The topological polar surface area (TPSA) is 91.0 Å². The average molecular weight is 352 g/mol. The molecule has 0 bridgehead atoms. The third-order valence-corrected chi connectivity index (χ3v) is 4.48. The van der Waals surface area contributed by atoms with Crippen LogP contribution in [0.3, 0.4) is 0 Å². The fourth-order valence-corrected chi connectivity index (χ4v) is 2.98. The van der Waals surface area contributed by atoms with E-state index < -0.39 is 0 Å². The first-order valence-corrected chi connectivity index (χ1v) is 8.68. The van der Waals surface area contributed by atoms with Crippen LogP contribution in [0.1, 0.15) is 0 Å². The van der Waals surface area contributed by atoms with E-state index in [-0.39, 0.29) is 0 Å². The maximum Gasteiger partial charge on any atom is 0.0715 e. The van der Waals surface area contributed by atoms with Gasteiger partial charge in [-0.15, -0.1) is 0 Å². The minimum absolute atomic E-state index is 0.729. The molecule has 4 aromatic rings. The Kier molecular flexibility index (Phi) is 4.22. The van der Waals surface area contributed by atoms with Crippen molar-refractivity contribution in [2.24, 2.45) is 0 Å². The molecule has 0 unspecified atom stereocenters. The number of benzene rings is 3. The van der Waals surface area contributed by atoms with Crippen molar-refractivity contribution >= 4 is 17.1 Å². The number of aromatic nitrogens is 1. The fourth-order valence-electron chi connectivity index (χ4n) is 2.98. The lowest BCUT2D eigenvalue weighted by molar-refractivity contribution is 1.32. The second kappa shape index (κ2) is 6.84. The summed E-state index contributed by atoms with van der Waals surface area (Å²) in [5, 5.41) is 0. The summed E-state index contributed by atoms with van der Waals surface area (Å²) in [6.45, 7) is 0. The van der Waals surface area contributed by atoms with Crippen molar-refractivity contribution in [2.75, 3.05) is 17.2 Å². The predicted molar refractivity (Wildman–Crippen MR) is 114 cm³/mol. The number of rotatable bonds is 3. The third-order valence-electron chi connectivity index (χ3n) is 4.48. The van der Waals surface area contributed by atoms with Crippen molar-refractivity contribution in [3.63, 3.8) is 0 Å². The molecular formula is C23H20N4. The molecule has 0 atom stereocenters. The van der Waals surface area contributed by atoms with Crippen molar-refractivity contribution in [1.29, 1.82) is 0 Å². The largest absolute Gasteiger partial charge is 0.399 e. The fraction of sp³-hybridized carbons (Fsp3) is 0. The summed E-state index contributed by atoms with van der Waals surface area (Å²) < 4.78 is 0. The number of nitrogen functional groups attached to an aromatic ring is 3. The predicted octanol–water partition coefficient (Wildman–Crippen LogP) is 4.83. The van der Waals surface area contributed by atoms with Crippen molar-refractivity contribution in [3.05, 3.63) is 84.9 Å². The van der Waals surface area contributed by atoms with E-state index >= 15 is 0 Å². The second-order valence-corrected chi connectivity index (χ2v) is 6.49. The van der Waals surface area contributed by atoms with Crippen molar-refractivity contribution in [2.45, 2.75) is 0 Å². The highest BCUT2D eigenvalue weighted by Gasteiger charge is 2.09. The lowest BCUT2D eigenvalue weighted by Gasteiger charge is -2.11. The van der Waals surface area contributed by atoms with Gasteiger partial charge in [-0.3, -0.25) is 0 Å². The Balaban J connectivity index is 1.89. The molecule has 0 saturated carbocycles. The van der Waals surface area contributed by atoms with E-state index in [1.165, 1.54) is 0 Å². The first-order chi connectivity index (χ1) is 13.1. The number of hydrogen-bond acceptors (Lipinski definition) is 4. The Bertz CT molecular complexity index is 913. The molecule has 132 valence electrons. The first kappa shape index (κ1) is 16.7. The molecule has 0 amide bonds. The van der Waals surface area contributed by atoms with Gasteiger partial charge in [0.2, 0.25) is 0 Å². The maximum atomic E-state index is 5.84. The van der Waals surface area contributed by atoms with Crippen LogP contribution in [0.2, 0.25) is 0 Å². The highest BCUT2D eigenvalue weighted by atomic mass is 14.7. The molecule has 4 rings (SSSR count). The molecule has 0 aliphatic rings. The van der Waals surface area contributed by atoms with Crippen LogP contribution >= 0.6 is 0 Å². The highest BCUT2D eigenvalue weighted by molar-refractivity contribution is 5.77. The molecule has 1 heterocycles. The molecular weight excluding hydrogens is 332 g/mol. The zero-order valence-corrected chi connectivity index (χ0v) is 14.8. The van der Waals surface area contributed by atoms with Crippen LogP contribution in [-0.2, 0) is 0 Å². The van der Waals surface area contributed by atoms with Crippen molar-refractivity contribution < 1.29 is 0 Å². The molecule has 0 aliphatic carbocycles. The minimum atomic E-state index is 0.729. The number of pyridine rings is 1. The van der Waals surface area contributed by atoms with Gasteiger partial charge in [-0.1, -0.05) is 36.4 Å². The van der Waals surface area contributed by atoms with Crippen LogP contribution in [0.5, 0.6) is 0 Å². The Morgan fingerprint density at radius 1 is 0.407 bits per heavy atom. The highest BCUT2D eigenvalue weighted by Crippen LogP contribution is 2.31. The maximum absolute atomic E-state index is 5.84. The average Bonchev–Trinajstić information content (AvgIpc) is 2.69. The van der Waals surface area contributed by atoms with Crippen LogP contribution < -0.4 is 17.2 Å². The van der Waals surface area contributed by atoms with Gasteiger partial charge in [-0.2, -0.15) is 0 Å². The molecule has 0 fully saturated rings. The number of hydrogen-bond donors (Lipinski definition) is 3. The Morgan fingerprint density at radius 2 is 0.741 bits per heavy atom. The van der Waals surface area contributed by atoms with Crippen LogP contribution in [0.25, 0.3) is 33.6 Å². The summed E-state index contributed by atoms with van der Waals surface area (Å²) in [5.41, 5.74) is 25.7. The molecule has 27 heavy (non-hydrogen) atoms. The minimum Gasteiger partial charge on any atom is -0.399 e. The van der Waals surface area contributed by atoms with Gasteiger partial charge in [0, 0.05) is 28.2 Å². The Morgan fingerprint density at radius 3 is 1.11 bits per heavy atom. The van der Waals surface area contributed by atoms with Gasteiger partial charge in [0.25, 0.3) is 0 Å². The molecule has 1 aromatic heterocycles. The summed E-state index contributed by atoms with van der Waals surface area (Å²) in [6, 6.07) is 27.5. The summed E-state index contributed by atoms with van der Waals surface area (Å²) in [7, 11) is 0. The normalized spacial score (nSPS) is 10.7. The van der Waals surface area contributed by atoms with E-state index in [1.54, 1.807) is 0 Å². The van der Waals surface area contributed by atoms with Gasteiger partial charge >= 0.3 is 0 Å². The van der Waals surface area contributed by atoms with E-state index in [0.717, 1.165) is 50.7 Å². The summed E-state index contributed by atoms with van der Waals surface area (Å²) in [5.74, 6) is 0. The van der Waals surface area contributed by atoms with Crippen molar-refractivity contribution in [3.8, 4) is 33.6 Å². The van der Waals surface area contributed by atoms with Crippen molar-refractivity contribution in [1.82, 2.24) is 4.98 Å². The van der Waals surface area contributed by atoms with Gasteiger partial charge < -0.3 is 17.2 Å². The molecule has 0 saturated heterocycles. The van der Waals surface area contributed by atoms with Gasteiger partial charge in [0.1, 0.15) is 0 Å². The summed E-state index contributed by atoms with van der Waals surface area (Å²) in [4.78, 5) is 4.87. The monoisotopic (exact) mass is 352 g/mol. The number of nitrogens with zero attached hydrogens (tertiary/aromatic N) is 1. The van der Waals surface area contributed by atoms with E-state index in [2.05, 4.69) is 12.1 Å². The van der Waals surface area contributed by atoms with Crippen LogP contribution in [0.4, 0.5) is 17.1 Å². The lowest BCUT2D eigenvalue weighted by atomic mass is 9.99. The summed E-state index contributed by atoms with van der Waals surface area (Å²) >= 11 is 0. The zero-order valence-electron chi connectivity index (χ0n) is 14.8. The standard InChI is InChI=1S/C23H20N4/c24-19-7-1-15(2-8-19)18-13-22(16-3-9-20(25)10-4-16)27-23(14-18)17-5-11-21(26)12-6-17/h1-14H,24-26H2. The quantitative estimate of drug-likeness (QED) is 0.461. The Hall–Kier alpha value is -3.79. The molecule has 0 spiro atoms. The molecule has 0 radical (unpaired) electrons. The van der Waals surface area contributed by atoms with E-state index in [1.807, 2.05) is 72.8 Å². The molecule has 6 N–H and O–H groups in total. The molecule has 4 heteroatoms. The number of nitrogens with two attached hydrogens (primary N) is 3. The van der Waals surface area contributed by atoms with Crippen LogP contribution in [-0.4, -0.2) is 4.98 Å². The lowest BCUT2D eigenvalue weighted by Crippen LogP contribution is -1.93. The van der Waals surface area contributed by atoms with Gasteiger partial charge in [0.05, 0.1) is 11.4 Å². The third kappa shape index (κ3) is 3.60. The van der Waals surface area contributed by atoms with Gasteiger partial charge in [-0.05, 0) is 59.7 Å². The van der Waals surface area contributed by atoms with E-state index in [9.17, 15) is 0 Å². The first-order valence-electron chi connectivity index (χ1n) is 8.68. The van der Waals surface area contributed by atoms with E-state index in [4.69, 9.17) is 22.2 Å². The summed E-state index contributed by atoms with van der Waals surface area (Å²) in [6.07, 6.45) is 0. The molecule has 3 aromatic carbocycles. The van der Waals surface area contributed by atoms with Gasteiger partial charge in [-0.25, -0.2) is 4.98 Å². The van der Waals surface area contributed by atoms with Crippen LogP contribution in [0.15, 0.2) is 84.9 Å². The smallest absolute Gasteiger partial charge is 0.0715 e.